The Morgan fingerprint density at radius 2 is 1.70 bits per heavy atom. The molecular weight excluding hydrogens is 242 g/mol. The topological polar surface area (TPSA) is 12.0 Å². The monoisotopic (exact) mass is 271 g/mol. The van der Waals surface area contributed by atoms with Crippen LogP contribution in [0.3, 0.4) is 0 Å². The van der Waals surface area contributed by atoms with E-state index in [4.69, 9.17) is 0 Å². The normalized spacial score (nSPS) is 27.2. The van der Waals surface area contributed by atoms with Crippen LogP contribution in [0.5, 0.6) is 0 Å². The molecule has 2 saturated carbocycles. The highest BCUT2D eigenvalue weighted by molar-refractivity contribution is 5.35. The standard InChI is InChI=1S/C19H29N/c1-2-20-14-16-8-3-4-12-18(16)19-13-6-5-11-17(19)15-9-7-10-15/h5-6,11,13,15-16,18,20H,2-4,7-10,12,14H2,1H3. The van der Waals surface area contributed by atoms with Crippen LogP contribution in [0.25, 0.3) is 0 Å². The molecule has 2 atom stereocenters. The summed E-state index contributed by atoms with van der Waals surface area (Å²) in [7, 11) is 0. The van der Waals surface area contributed by atoms with Gasteiger partial charge in [0.2, 0.25) is 0 Å². The molecule has 1 N–H and O–H groups in total. The van der Waals surface area contributed by atoms with Crippen molar-refractivity contribution < 1.29 is 0 Å². The molecule has 2 unspecified atom stereocenters. The van der Waals surface area contributed by atoms with Gasteiger partial charge in [0.05, 0.1) is 0 Å². The molecular formula is C19H29N. The zero-order chi connectivity index (χ0) is 13.8. The van der Waals surface area contributed by atoms with E-state index in [2.05, 4.69) is 36.5 Å². The average molecular weight is 271 g/mol. The summed E-state index contributed by atoms with van der Waals surface area (Å²) in [6.07, 6.45) is 9.94. The predicted octanol–water partition coefficient (Wildman–Crippen LogP) is 4.84. The SMILES string of the molecule is CCNCC1CCCCC1c1ccccc1C1CCC1. The molecule has 3 rings (SSSR count). The van der Waals surface area contributed by atoms with Gasteiger partial charge < -0.3 is 5.32 Å². The zero-order valence-electron chi connectivity index (χ0n) is 12.9. The summed E-state index contributed by atoms with van der Waals surface area (Å²) >= 11 is 0. The zero-order valence-corrected chi connectivity index (χ0v) is 12.9. The third kappa shape index (κ3) is 2.93. The van der Waals surface area contributed by atoms with Crippen LogP contribution in [-0.4, -0.2) is 13.1 Å². The van der Waals surface area contributed by atoms with Crippen molar-refractivity contribution in [3.8, 4) is 0 Å². The Labute approximate surface area is 124 Å². The highest BCUT2D eigenvalue weighted by atomic mass is 14.8. The second-order valence-electron chi connectivity index (χ2n) is 6.72. The summed E-state index contributed by atoms with van der Waals surface area (Å²) in [5, 5.41) is 3.59. The molecule has 20 heavy (non-hydrogen) atoms. The van der Waals surface area contributed by atoms with Crippen LogP contribution < -0.4 is 5.32 Å². The van der Waals surface area contributed by atoms with Crippen molar-refractivity contribution in [3.05, 3.63) is 35.4 Å². The van der Waals surface area contributed by atoms with Gasteiger partial charge in [0.25, 0.3) is 0 Å². The first-order valence-electron chi connectivity index (χ1n) is 8.69. The summed E-state index contributed by atoms with van der Waals surface area (Å²) in [6, 6.07) is 9.36. The lowest BCUT2D eigenvalue weighted by Crippen LogP contribution is -2.30. The minimum Gasteiger partial charge on any atom is -0.317 e. The van der Waals surface area contributed by atoms with Gasteiger partial charge >= 0.3 is 0 Å². The van der Waals surface area contributed by atoms with E-state index < -0.39 is 0 Å². The van der Waals surface area contributed by atoms with E-state index >= 15 is 0 Å². The molecule has 0 aliphatic heterocycles. The molecule has 2 aliphatic rings. The molecule has 0 heterocycles. The minimum absolute atomic E-state index is 0.805. The van der Waals surface area contributed by atoms with Crippen molar-refractivity contribution in [2.75, 3.05) is 13.1 Å². The first kappa shape index (κ1) is 14.1. The van der Waals surface area contributed by atoms with Crippen LogP contribution in [0, 0.1) is 5.92 Å². The summed E-state index contributed by atoms with van der Waals surface area (Å²) in [6.45, 7) is 4.54. The highest BCUT2D eigenvalue weighted by Gasteiger charge is 2.30. The Morgan fingerprint density at radius 1 is 0.950 bits per heavy atom. The third-order valence-corrected chi connectivity index (χ3v) is 5.51. The molecule has 2 aliphatic carbocycles. The van der Waals surface area contributed by atoms with E-state index in [0.717, 1.165) is 24.3 Å². The molecule has 0 radical (unpaired) electrons. The van der Waals surface area contributed by atoms with Gasteiger partial charge in [-0.15, -0.1) is 0 Å². The maximum atomic E-state index is 3.59. The number of hydrogen-bond acceptors (Lipinski definition) is 1. The van der Waals surface area contributed by atoms with E-state index in [1.54, 1.807) is 11.1 Å². The number of nitrogens with one attached hydrogen (secondary N) is 1. The van der Waals surface area contributed by atoms with Gasteiger partial charge in [-0.1, -0.05) is 50.5 Å². The molecule has 0 saturated heterocycles. The van der Waals surface area contributed by atoms with Crippen LogP contribution in [-0.2, 0) is 0 Å². The molecule has 0 spiro atoms. The van der Waals surface area contributed by atoms with Gasteiger partial charge in [0.1, 0.15) is 0 Å². The maximum absolute atomic E-state index is 3.59. The Hall–Kier alpha value is -0.820. The van der Waals surface area contributed by atoms with Crippen LogP contribution in [0.15, 0.2) is 24.3 Å². The summed E-state index contributed by atoms with van der Waals surface area (Å²) in [5.74, 6) is 2.53. The Morgan fingerprint density at radius 3 is 2.40 bits per heavy atom. The summed E-state index contributed by atoms with van der Waals surface area (Å²) in [4.78, 5) is 0. The van der Waals surface area contributed by atoms with Crippen molar-refractivity contribution in [2.24, 2.45) is 5.92 Å². The summed E-state index contributed by atoms with van der Waals surface area (Å²) in [5.41, 5.74) is 3.38. The van der Waals surface area contributed by atoms with Crippen LogP contribution in [0.4, 0.5) is 0 Å². The van der Waals surface area contributed by atoms with Crippen LogP contribution >= 0.6 is 0 Å². The Bertz CT molecular complexity index is 422. The third-order valence-electron chi connectivity index (χ3n) is 5.51. The fourth-order valence-electron chi connectivity index (χ4n) is 4.13. The lowest BCUT2D eigenvalue weighted by Gasteiger charge is -2.36. The van der Waals surface area contributed by atoms with E-state index in [1.807, 2.05) is 0 Å². The fraction of sp³-hybridized carbons (Fsp3) is 0.684. The second kappa shape index (κ2) is 6.76. The van der Waals surface area contributed by atoms with Gasteiger partial charge in [-0.05, 0) is 67.7 Å². The molecule has 1 heteroatoms. The van der Waals surface area contributed by atoms with Gasteiger partial charge in [-0.3, -0.25) is 0 Å². The smallest absolute Gasteiger partial charge is 0.00148 e. The maximum Gasteiger partial charge on any atom is -0.00148 e. The van der Waals surface area contributed by atoms with E-state index in [1.165, 1.54) is 51.5 Å². The van der Waals surface area contributed by atoms with Gasteiger partial charge in [-0.2, -0.15) is 0 Å². The summed E-state index contributed by atoms with van der Waals surface area (Å²) < 4.78 is 0. The van der Waals surface area contributed by atoms with Crippen molar-refractivity contribution in [1.29, 1.82) is 0 Å². The minimum atomic E-state index is 0.805. The quantitative estimate of drug-likeness (QED) is 0.808. The van der Waals surface area contributed by atoms with E-state index in [0.29, 0.717) is 0 Å². The largest absolute Gasteiger partial charge is 0.317 e. The number of rotatable bonds is 5. The van der Waals surface area contributed by atoms with E-state index in [-0.39, 0.29) is 0 Å². The van der Waals surface area contributed by atoms with E-state index in [9.17, 15) is 0 Å². The van der Waals surface area contributed by atoms with Crippen LogP contribution in [0.1, 0.15) is 74.8 Å². The Balaban J connectivity index is 1.81. The van der Waals surface area contributed by atoms with Crippen molar-refractivity contribution in [3.63, 3.8) is 0 Å². The molecule has 1 aromatic rings. The molecule has 1 nitrogen and oxygen atoms in total. The highest BCUT2D eigenvalue weighted by Crippen LogP contribution is 2.44. The molecule has 1 aromatic carbocycles. The lowest BCUT2D eigenvalue weighted by atomic mass is 9.70. The van der Waals surface area contributed by atoms with Gasteiger partial charge in [0, 0.05) is 0 Å². The Kier molecular flexibility index (Phi) is 4.77. The molecule has 2 fully saturated rings. The first-order chi connectivity index (χ1) is 9.90. The van der Waals surface area contributed by atoms with Crippen molar-refractivity contribution >= 4 is 0 Å². The predicted molar refractivity (Wildman–Crippen MR) is 86.3 cm³/mol. The lowest BCUT2D eigenvalue weighted by molar-refractivity contribution is 0.293. The van der Waals surface area contributed by atoms with Crippen LogP contribution in [0.2, 0.25) is 0 Å². The number of hydrogen-bond donors (Lipinski definition) is 1. The van der Waals surface area contributed by atoms with Crippen molar-refractivity contribution in [1.82, 2.24) is 5.32 Å². The second-order valence-corrected chi connectivity index (χ2v) is 6.72. The average Bonchev–Trinajstić information content (AvgIpc) is 2.44. The fourth-order valence-corrected chi connectivity index (χ4v) is 4.13. The molecule has 0 bridgehead atoms. The van der Waals surface area contributed by atoms with Gasteiger partial charge in [-0.25, -0.2) is 0 Å². The molecule has 0 aromatic heterocycles. The molecule has 0 amide bonds. The van der Waals surface area contributed by atoms with Gasteiger partial charge in [0.15, 0.2) is 0 Å². The molecule has 110 valence electrons. The van der Waals surface area contributed by atoms with Crippen molar-refractivity contribution in [2.45, 2.75) is 63.7 Å². The first-order valence-corrected chi connectivity index (χ1v) is 8.69. The number of benzene rings is 1.